The summed E-state index contributed by atoms with van der Waals surface area (Å²) in [5.41, 5.74) is 6.31. The zero-order valence-electron chi connectivity index (χ0n) is 27.0. The van der Waals surface area contributed by atoms with Crippen molar-refractivity contribution in [2.75, 3.05) is 0 Å². The van der Waals surface area contributed by atoms with E-state index in [1.165, 1.54) is 15.6 Å². The highest BCUT2D eigenvalue weighted by Crippen LogP contribution is 2.38. The third kappa shape index (κ3) is 4.80. The number of nitriles is 2. The molecular weight excluding hydrogens is 625 g/mol. The summed E-state index contributed by atoms with van der Waals surface area (Å²) in [6.07, 6.45) is 0. The van der Waals surface area contributed by atoms with Gasteiger partial charge in [-0.2, -0.15) is 10.5 Å². The van der Waals surface area contributed by atoms with Crippen LogP contribution in [0.15, 0.2) is 170 Å². The lowest BCUT2D eigenvalue weighted by Gasteiger charge is -2.36. The van der Waals surface area contributed by atoms with Crippen LogP contribution in [0.5, 0.6) is 0 Å². The van der Waals surface area contributed by atoms with Crippen LogP contribution in [0.3, 0.4) is 0 Å². The predicted molar refractivity (Wildman–Crippen MR) is 206 cm³/mol. The van der Waals surface area contributed by atoms with Gasteiger partial charge in [0.15, 0.2) is 8.07 Å². The van der Waals surface area contributed by atoms with E-state index in [1.54, 1.807) is 0 Å². The average molecular weight is 653 g/mol. The molecule has 0 atom stereocenters. The molecule has 8 aromatic rings. The van der Waals surface area contributed by atoms with Crippen molar-refractivity contribution in [2.24, 2.45) is 0 Å². The first-order chi connectivity index (χ1) is 24.7. The smallest absolute Gasteiger partial charge is 0.210 e. The van der Waals surface area contributed by atoms with Crippen molar-refractivity contribution in [1.82, 2.24) is 4.57 Å². The average Bonchev–Trinajstić information content (AvgIpc) is 3.52. The summed E-state index contributed by atoms with van der Waals surface area (Å²) in [4.78, 5) is 3.99. The molecule has 1 aromatic heterocycles. The van der Waals surface area contributed by atoms with Crippen molar-refractivity contribution in [3.63, 3.8) is 0 Å². The predicted octanol–water partition coefficient (Wildman–Crippen LogP) is 8.12. The van der Waals surface area contributed by atoms with Gasteiger partial charge in [0.25, 0.3) is 0 Å². The number of benzene rings is 7. The Morgan fingerprint density at radius 3 is 1.66 bits per heavy atom. The van der Waals surface area contributed by atoms with Crippen molar-refractivity contribution in [1.29, 1.82) is 10.5 Å². The second-order valence-corrected chi connectivity index (χ2v) is 16.0. The van der Waals surface area contributed by atoms with Crippen molar-refractivity contribution < 1.29 is 0 Å². The number of hydrogen-bond acceptors (Lipinski definition) is 2. The molecule has 1 heterocycles. The molecule has 0 unspecified atom stereocenters. The monoisotopic (exact) mass is 652 g/mol. The highest BCUT2D eigenvalue weighted by Gasteiger charge is 2.43. The topological polar surface area (TPSA) is 56.9 Å². The Labute approximate surface area is 291 Å². The van der Waals surface area contributed by atoms with Crippen molar-refractivity contribution >= 4 is 56.3 Å². The zero-order chi connectivity index (χ0) is 34.1. The van der Waals surface area contributed by atoms with Crippen molar-refractivity contribution in [3.05, 3.63) is 192 Å². The van der Waals surface area contributed by atoms with Crippen molar-refractivity contribution in [3.8, 4) is 29.0 Å². The first-order valence-corrected chi connectivity index (χ1v) is 18.3. The Morgan fingerprint density at radius 1 is 0.520 bits per heavy atom. The van der Waals surface area contributed by atoms with E-state index in [4.69, 9.17) is 6.57 Å². The second kappa shape index (κ2) is 12.6. The molecule has 0 spiro atoms. The normalized spacial score (nSPS) is 11.1. The largest absolute Gasteiger partial charge is 0.319 e. The summed E-state index contributed by atoms with van der Waals surface area (Å²) in [5, 5.41) is 26.7. The van der Waals surface area contributed by atoms with Gasteiger partial charge < -0.3 is 4.57 Å². The Hall–Kier alpha value is -6.97. The maximum Gasteiger partial charge on any atom is 0.210 e. The van der Waals surface area contributed by atoms with Gasteiger partial charge in [0, 0.05) is 10.8 Å². The third-order valence-electron chi connectivity index (χ3n) is 9.62. The summed E-state index contributed by atoms with van der Waals surface area (Å²) >= 11 is 0. The fourth-order valence-electron chi connectivity index (χ4n) is 7.47. The van der Waals surface area contributed by atoms with E-state index in [0.29, 0.717) is 16.8 Å². The van der Waals surface area contributed by atoms with Crippen LogP contribution < -0.4 is 20.7 Å². The minimum Gasteiger partial charge on any atom is -0.319 e. The fraction of sp³-hybridized carbons (Fsp3) is 0. The summed E-state index contributed by atoms with van der Waals surface area (Å²) in [6, 6.07) is 62.7. The standard InChI is InChI=1S/C45H28N4Si/c1-48-41-25-23-34(29-44(41)49-42-20-12-11-19-39(42)40-27-32(30-46)22-26-43(40)49)38-24-21-33(31-47)28-45(38)50(35-13-5-2-6-14-35,36-15-7-3-8-16-36)37-17-9-4-10-18-37/h2-29H. The molecule has 0 saturated heterocycles. The molecule has 4 nitrogen and oxygen atoms in total. The van der Waals surface area contributed by atoms with E-state index in [9.17, 15) is 10.5 Å². The fourth-order valence-corrected chi connectivity index (χ4v) is 12.5. The summed E-state index contributed by atoms with van der Waals surface area (Å²) < 4.78 is 2.14. The molecule has 0 saturated carbocycles. The first kappa shape index (κ1) is 30.4. The highest BCUT2D eigenvalue weighted by atomic mass is 28.3. The molecule has 0 fully saturated rings. The third-order valence-corrected chi connectivity index (χ3v) is 14.4. The molecule has 0 aliphatic heterocycles. The SMILES string of the molecule is [C-]#[N+]c1ccc(-c2ccc(C#N)cc2[Si](c2ccccc2)(c2ccccc2)c2ccccc2)cc1-n1c2ccccc2c2cc(C#N)ccc21. The van der Waals surface area contributed by atoms with E-state index in [1.807, 2.05) is 66.7 Å². The van der Waals surface area contributed by atoms with Crippen LogP contribution in [-0.4, -0.2) is 12.6 Å². The van der Waals surface area contributed by atoms with Gasteiger partial charge >= 0.3 is 0 Å². The molecule has 0 bridgehead atoms. The van der Waals surface area contributed by atoms with Crippen LogP contribution >= 0.6 is 0 Å². The number of aromatic nitrogens is 1. The molecule has 0 aliphatic carbocycles. The van der Waals surface area contributed by atoms with Crippen molar-refractivity contribution in [2.45, 2.75) is 0 Å². The van der Waals surface area contributed by atoms with Crippen LogP contribution in [0.4, 0.5) is 5.69 Å². The molecule has 0 radical (unpaired) electrons. The van der Waals surface area contributed by atoms with Gasteiger partial charge in [-0.3, -0.25) is 0 Å². The molecule has 50 heavy (non-hydrogen) atoms. The zero-order valence-corrected chi connectivity index (χ0v) is 28.0. The minimum atomic E-state index is -3.03. The minimum absolute atomic E-state index is 0.522. The van der Waals surface area contributed by atoms with Crippen LogP contribution in [0.25, 0.3) is 43.5 Å². The van der Waals surface area contributed by atoms with E-state index in [0.717, 1.165) is 43.8 Å². The molecule has 8 rings (SSSR count). The maximum absolute atomic E-state index is 10.3. The van der Waals surface area contributed by atoms with Gasteiger partial charge in [0.2, 0.25) is 5.69 Å². The lowest BCUT2D eigenvalue weighted by molar-refractivity contribution is 1.19. The molecular formula is C45H28N4Si. The lowest BCUT2D eigenvalue weighted by Crippen LogP contribution is -2.75. The Morgan fingerprint density at radius 2 is 1.06 bits per heavy atom. The molecule has 7 aromatic carbocycles. The number of hydrogen-bond donors (Lipinski definition) is 0. The van der Waals surface area contributed by atoms with E-state index in [-0.39, 0.29) is 0 Å². The van der Waals surface area contributed by atoms with E-state index >= 15 is 0 Å². The van der Waals surface area contributed by atoms with E-state index in [2.05, 4.69) is 125 Å². The van der Waals surface area contributed by atoms with Crippen LogP contribution in [-0.2, 0) is 0 Å². The second-order valence-electron chi connectivity index (χ2n) is 12.2. The molecule has 232 valence electrons. The highest BCUT2D eigenvalue weighted by molar-refractivity contribution is 7.20. The van der Waals surface area contributed by atoms with Gasteiger partial charge in [0.1, 0.15) is 0 Å². The van der Waals surface area contributed by atoms with Gasteiger partial charge in [-0.05, 0) is 74.3 Å². The molecule has 0 N–H and O–H groups in total. The molecule has 5 heteroatoms. The molecule has 0 amide bonds. The Bertz CT molecular complexity index is 2580. The number of nitrogens with zero attached hydrogens (tertiary/aromatic N) is 4. The van der Waals surface area contributed by atoms with Crippen LogP contribution in [0.2, 0.25) is 0 Å². The quantitative estimate of drug-likeness (QED) is 0.104. The number of rotatable bonds is 6. The van der Waals surface area contributed by atoms with Crippen LogP contribution in [0, 0.1) is 29.2 Å². The van der Waals surface area contributed by atoms with Gasteiger partial charge in [-0.1, -0.05) is 127 Å². The van der Waals surface area contributed by atoms with Gasteiger partial charge in [-0.15, -0.1) is 0 Å². The lowest BCUT2D eigenvalue weighted by atomic mass is 10.0. The summed E-state index contributed by atoms with van der Waals surface area (Å²) in [7, 11) is -3.03. The Kier molecular flexibility index (Phi) is 7.63. The number of para-hydroxylation sites is 1. The Balaban J connectivity index is 1.48. The maximum atomic E-state index is 10.3. The van der Waals surface area contributed by atoms with Crippen LogP contribution in [0.1, 0.15) is 11.1 Å². The summed E-state index contributed by atoms with van der Waals surface area (Å²) in [6.45, 7) is 8.21. The first-order valence-electron chi connectivity index (χ1n) is 16.3. The van der Waals surface area contributed by atoms with Gasteiger partial charge in [0.05, 0.1) is 46.6 Å². The number of fused-ring (bicyclic) bond motifs is 3. The summed E-state index contributed by atoms with van der Waals surface area (Å²) in [5.74, 6) is 0. The van der Waals surface area contributed by atoms with Gasteiger partial charge in [-0.25, -0.2) is 4.85 Å². The van der Waals surface area contributed by atoms with E-state index < -0.39 is 8.07 Å². The molecule has 0 aliphatic rings.